The smallest absolute Gasteiger partial charge is 0.0541 e. The van der Waals surface area contributed by atoms with Gasteiger partial charge >= 0.3 is 0 Å². The lowest BCUT2D eigenvalue weighted by molar-refractivity contribution is 1.18. The molecule has 0 radical (unpaired) electrons. The summed E-state index contributed by atoms with van der Waals surface area (Å²) in [7, 11) is 0. The third-order valence-corrected chi connectivity index (χ3v) is 9.90. The van der Waals surface area contributed by atoms with E-state index in [1.54, 1.807) is 0 Å². The standard InChI is InChI=1S/C46H30N2/c1-3-12-31(13-4-1)33-22-26-45-40(28-33)41-30-35(24-27-46(41)48(45)42-21-11-15-32-14-7-8-18-37(32)42)34-23-25-44-39(29-34)38-19-9-10-20-43(38)47(44)36-16-5-2-6-17-36/h1-30H. The van der Waals surface area contributed by atoms with Gasteiger partial charge in [0, 0.05) is 32.6 Å². The summed E-state index contributed by atoms with van der Waals surface area (Å²) < 4.78 is 4.82. The Morgan fingerprint density at radius 2 is 0.750 bits per heavy atom. The van der Waals surface area contributed by atoms with Crippen molar-refractivity contribution in [3.8, 4) is 33.6 Å². The van der Waals surface area contributed by atoms with E-state index in [0.29, 0.717) is 0 Å². The van der Waals surface area contributed by atoms with Crippen LogP contribution in [0.3, 0.4) is 0 Å². The second-order valence-electron chi connectivity index (χ2n) is 12.6. The van der Waals surface area contributed by atoms with Crippen molar-refractivity contribution in [1.82, 2.24) is 9.13 Å². The Kier molecular flexibility index (Phi) is 5.91. The molecule has 0 saturated heterocycles. The molecule has 0 atom stereocenters. The van der Waals surface area contributed by atoms with Crippen LogP contribution in [0.5, 0.6) is 0 Å². The fourth-order valence-corrected chi connectivity index (χ4v) is 7.68. The van der Waals surface area contributed by atoms with E-state index in [2.05, 4.69) is 191 Å². The van der Waals surface area contributed by atoms with Crippen molar-refractivity contribution in [2.75, 3.05) is 0 Å². The lowest BCUT2D eigenvalue weighted by Crippen LogP contribution is -1.95. The first-order chi connectivity index (χ1) is 23.8. The van der Waals surface area contributed by atoms with Crippen molar-refractivity contribution >= 4 is 54.4 Å². The number of para-hydroxylation sites is 2. The Labute approximate surface area is 278 Å². The van der Waals surface area contributed by atoms with Gasteiger partial charge in [0.2, 0.25) is 0 Å². The van der Waals surface area contributed by atoms with Gasteiger partial charge in [0.15, 0.2) is 0 Å². The Morgan fingerprint density at radius 3 is 1.44 bits per heavy atom. The molecule has 0 unspecified atom stereocenters. The highest BCUT2D eigenvalue weighted by Crippen LogP contribution is 2.40. The number of hydrogen-bond acceptors (Lipinski definition) is 0. The predicted molar refractivity (Wildman–Crippen MR) is 203 cm³/mol. The van der Waals surface area contributed by atoms with Crippen molar-refractivity contribution in [1.29, 1.82) is 0 Å². The van der Waals surface area contributed by atoms with Crippen LogP contribution in [0.4, 0.5) is 0 Å². The van der Waals surface area contributed by atoms with E-state index in [9.17, 15) is 0 Å². The monoisotopic (exact) mass is 610 g/mol. The Morgan fingerprint density at radius 1 is 0.271 bits per heavy atom. The van der Waals surface area contributed by atoms with Crippen molar-refractivity contribution in [2.45, 2.75) is 0 Å². The van der Waals surface area contributed by atoms with Crippen molar-refractivity contribution in [3.05, 3.63) is 182 Å². The lowest BCUT2D eigenvalue weighted by atomic mass is 9.99. The fraction of sp³-hybridized carbons (Fsp3) is 0. The minimum atomic E-state index is 1.17. The van der Waals surface area contributed by atoms with E-state index in [4.69, 9.17) is 0 Å². The molecule has 48 heavy (non-hydrogen) atoms. The second kappa shape index (κ2) is 10.6. The van der Waals surface area contributed by atoms with Crippen molar-refractivity contribution in [2.24, 2.45) is 0 Å². The zero-order chi connectivity index (χ0) is 31.6. The third-order valence-electron chi connectivity index (χ3n) is 9.90. The SMILES string of the molecule is c1ccc(-c2ccc3c(c2)c2cc(-c4ccc5c(c4)c4ccccc4n5-c4ccccc4)ccc2n3-c2cccc3ccccc23)cc1. The number of fused-ring (bicyclic) bond motifs is 7. The molecule has 2 heteroatoms. The van der Waals surface area contributed by atoms with Gasteiger partial charge in [-0.1, -0.05) is 121 Å². The van der Waals surface area contributed by atoms with E-state index < -0.39 is 0 Å². The largest absolute Gasteiger partial charge is 0.309 e. The topological polar surface area (TPSA) is 9.86 Å². The zero-order valence-corrected chi connectivity index (χ0v) is 26.2. The highest BCUT2D eigenvalue weighted by atomic mass is 15.0. The molecule has 0 amide bonds. The molecule has 224 valence electrons. The molecule has 2 heterocycles. The third kappa shape index (κ3) is 4.06. The molecule has 0 bridgehead atoms. The molecule has 0 aliphatic carbocycles. The van der Waals surface area contributed by atoms with Crippen LogP contribution < -0.4 is 0 Å². The van der Waals surface area contributed by atoms with Gasteiger partial charge in [0.05, 0.1) is 27.8 Å². The molecule has 0 aliphatic heterocycles. The van der Waals surface area contributed by atoms with Crippen LogP contribution in [-0.4, -0.2) is 9.13 Å². The van der Waals surface area contributed by atoms with Crippen LogP contribution in [0, 0.1) is 0 Å². The molecule has 10 rings (SSSR count). The highest BCUT2D eigenvalue weighted by Gasteiger charge is 2.17. The molecule has 2 nitrogen and oxygen atoms in total. The molecule has 10 aromatic rings. The fourth-order valence-electron chi connectivity index (χ4n) is 7.68. The number of hydrogen-bond donors (Lipinski definition) is 0. The van der Waals surface area contributed by atoms with Crippen LogP contribution in [0.2, 0.25) is 0 Å². The van der Waals surface area contributed by atoms with E-state index in [1.807, 2.05) is 0 Å². The minimum absolute atomic E-state index is 1.17. The van der Waals surface area contributed by atoms with Gasteiger partial charge in [-0.3, -0.25) is 0 Å². The summed E-state index contributed by atoms with van der Waals surface area (Å²) in [6, 6.07) is 66.2. The molecule has 0 N–H and O–H groups in total. The summed E-state index contributed by atoms with van der Waals surface area (Å²) >= 11 is 0. The number of benzene rings is 8. The Balaban J connectivity index is 1.23. The molecule has 8 aromatic carbocycles. The van der Waals surface area contributed by atoms with Crippen molar-refractivity contribution in [3.63, 3.8) is 0 Å². The second-order valence-corrected chi connectivity index (χ2v) is 12.6. The van der Waals surface area contributed by atoms with Crippen LogP contribution in [-0.2, 0) is 0 Å². The summed E-state index contributed by atoms with van der Waals surface area (Å²) in [6.45, 7) is 0. The molecule has 0 aliphatic rings. The van der Waals surface area contributed by atoms with Gasteiger partial charge in [0.25, 0.3) is 0 Å². The molecule has 0 fully saturated rings. The van der Waals surface area contributed by atoms with E-state index in [0.717, 1.165) is 0 Å². The lowest BCUT2D eigenvalue weighted by Gasteiger charge is -2.12. The zero-order valence-electron chi connectivity index (χ0n) is 26.2. The van der Waals surface area contributed by atoms with E-state index >= 15 is 0 Å². The maximum Gasteiger partial charge on any atom is 0.0541 e. The summed E-state index contributed by atoms with van der Waals surface area (Å²) in [6.07, 6.45) is 0. The Bertz CT molecular complexity index is 2810. The van der Waals surface area contributed by atoms with Gasteiger partial charge in [-0.15, -0.1) is 0 Å². The Hall–Kier alpha value is -6.38. The first kappa shape index (κ1) is 26.8. The number of rotatable bonds is 4. The number of aromatic nitrogens is 2. The summed E-state index contributed by atoms with van der Waals surface area (Å²) in [5.74, 6) is 0. The first-order valence-electron chi connectivity index (χ1n) is 16.5. The van der Waals surface area contributed by atoms with Gasteiger partial charge in [-0.25, -0.2) is 0 Å². The predicted octanol–water partition coefficient (Wildman–Crippen LogP) is 12.4. The van der Waals surface area contributed by atoms with Gasteiger partial charge < -0.3 is 9.13 Å². The average molecular weight is 611 g/mol. The van der Waals surface area contributed by atoms with E-state index in [1.165, 1.54) is 88.0 Å². The number of nitrogens with zero attached hydrogens (tertiary/aromatic N) is 2. The first-order valence-corrected chi connectivity index (χ1v) is 16.5. The maximum atomic E-state index is 2.45. The normalized spacial score (nSPS) is 11.8. The quantitative estimate of drug-likeness (QED) is 0.188. The van der Waals surface area contributed by atoms with E-state index in [-0.39, 0.29) is 0 Å². The summed E-state index contributed by atoms with van der Waals surface area (Å²) in [5, 5.41) is 7.51. The average Bonchev–Trinajstić information content (AvgIpc) is 3.67. The summed E-state index contributed by atoms with van der Waals surface area (Å²) in [5.41, 5.74) is 12.1. The maximum absolute atomic E-state index is 2.45. The van der Waals surface area contributed by atoms with Crippen molar-refractivity contribution < 1.29 is 0 Å². The molecular formula is C46H30N2. The van der Waals surface area contributed by atoms with Gasteiger partial charge in [-0.2, -0.15) is 0 Å². The minimum Gasteiger partial charge on any atom is -0.309 e. The molecule has 2 aromatic heterocycles. The molecule has 0 saturated carbocycles. The molecular weight excluding hydrogens is 581 g/mol. The van der Waals surface area contributed by atoms with Crippen LogP contribution in [0.25, 0.3) is 88.0 Å². The molecule has 0 spiro atoms. The van der Waals surface area contributed by atoms with Crippen LogP contribution in [0.1, 0.15) is 0 Å². The van der Waals surface area contributed by atoms with Crippen LogP contribution in [0.15, 0.2) is 182 Å². The van der Waals surface area contributed by atoms with Gasteiger partial charge in [-0.05, 0) is 88.3 Å². The highest BCUT2D eigenvalue weighted by molar-refractivity contribution is 6.14. The summed E-state index contributed by atoms with van der Waals surface area (Å²) in [4.78, 5) is 0. The van der Waals surface area contributed by atoms with Gasteiger partial charge in [0.1, 0.15) is 0 Å². The van der Waals surface area contributed by atoms with Crippen LogP contribution >= 0.6 is 0 Å².